The molecule has 2 aliphatic rings. The normalized spacial score (nSPS) is 20.3. The molecule has 0 spiro atoms. The van der Waals surface area contributed by atoms with Crippen LogP contribution in [0.1, 0.15) is 20.8 Å². The van der Waals surface area contributed by atoms with E-state index in [0.717, 1.165) is 7.11 Å². The molecule has 0 bridgehead atoms. The molecule has 2 atom stereocenters. The summed E-state index contributed by atoms with van der Waals surface area (Å²) in [6.07, 6.45) is 1.48. The van der Waals surface area contributed by atoms with E-state index in [-0.39, 0.29) is 5.70 Å². The number of nitrogens with zero attached hydrogens (tertiary/aromatic N) is 2. The number of β-lactam (4-membered cyclic amide) rings is 1. The van der Waals surface area contributed by atoms with E-state index in [2.05, 4.69) is 26.6 Å². The minimum absolute atomic E-state index is 0.0614. The van der Waals surface area contributed by atoms with E-state index in [1.165, 1.54) is 22.7 Å². The molecule has 0 unspecified atom stereocenters. The summed E-state index contributed by atoms with van der Waals surface area (Å²) in [4.78, 5) is 67.3. The average Bonchev–Trinajstić information content (AvgIpc) is 2.76. The lowest BCUT2D eigenvalue weighted by molar-refractivity contribution is -0.158. The van der Waals surface area contributed by atoms with Crippen molar-refractivity contribution in [3.8, 4) is 0 Å². The van der Waals surface area contributed by atoms with Crippen LogP contribution >= 0.6 is 23.4 Å². The minimum atomic E-state index is -1.04. The number of nitrogens with one attached hydrogen (secondary N) is 1. The van der Waals surface area contributed by atoms with Crippen LogP contribution in [0.5, 0.6) is 0 Å². The Morgan fingerprint density at radius 1 is 1.33 bits per heavy atom. The van der Waals surface area contributed by atoms with Crippen LogP contribution in [-0.4, -0.2) is 82.5 Å². The van der Waals surface area contributed by atoms with Gasteiger partial charge in [-0.2, -0.15) is 0 Å². The largest absolute Gasteiger partial charge is 0.466 e. The molecule has 1 N–H and O–H groups in total. The number of Topliss-reactive ketones (excluding diaryl/α,β-unsaturated/α-hetero) is 1. The van der Waals surface area contributed by atoms with Crippen molar-refractivity contribution >= 4 is 58.6 Å². The maximum absolute atomic E-state index is 12.9. The highest BCUT2D eigenvalue weighted by molar-refractivity contribution is 8.00. The second-order valence-corrected chi connectivity index (χ2v) is 9.16. The second kappa shape index (κ2) is 10.8. The highest BCUT2D eigenvalue weighted by atomic mass is 35.5. The number of methoxy groups -OCH3 is 1. The van der Waals surface area contributed by atoms with E-state index >= 15 is 0 Å². The number of rotatable bonds is 9. The molecule has 11 nitrogen and oxygen atoms in total. The van der Waals surface area contributed by atoms with Gasteiger partial charge in [0.05, 0.1) is 13.0 Å². The number of fused-ring (bicyclic) bond motifs is 1. The number of carbonyl (C=O) groups is 5. The Labute approximate surface area is 199 Å². The van der Waals surface area contributed by atoms with Crippen LogP contribution < -0.4 is 5.32 Å². The molecule has 13 heteroatoms. The summed E-state index contributed by atoms with van der Waals surface area (Å²) in [6, 6.07) is -1.04. The Bertz CT molecular complexity index is 940. The fourth-order valence-electron chi connectivity index (χ4n) is 2.82. The number of carbonyl (C=O) groups excluding carboxylic acids is 5. The molecule has 0 aromatic rings. The zero-order valence-corrected chi connectivity index (χ0v) is 20.1. The number of ketones is 1. The molecule has 2 amide bonds. The lowest BCUT2D eigenvalue weighted by Crippen LogP contribution is -2.71. The predicted octanol–water partition coefficient (Wildman–Crippen LogP) is 0.522. The number of halogens is 1. The van der Waals surface area contributed by atoms with Gasteiger partial charge in [0, 0.05) is 5.75 Å². The van der Waals surface area contributed by atoms with E-state index in [1.807, 2.05) is 0 Å². The van der Waals surface area contributed by atoms with Crippen LogP contribution in [0, 0.1) is 0 Å². The molecule has 33 heavy (non-hydrogen) atoms. The first-order valence-electron chi connectivity index (χ1n) is 9.65. The van der Waals surface area contributed by atoms with Gasteiger partial charge >= 0.3 is 11.9 Å². The van der Waals surface area contributed by atoms with Crippen molar-refractivity contribution in [3.63, 3.8) is 0 Å². The summed E-state index contributed by atoms with van der Waals surface area (Å²) >= 11 is 6.82. The third kappa shape index (κ3) is 6.14. The van der Waals surface area contributed by atoms with Gasteiger partial charge in [-0.05, 0) is 26.3 Å². The number of thioether (sulfide) groups is 1. The van der Waals surface area contributed by atoms with Crippen LogP contribution in [0.2, 0.25) is 0 Å². The Morgan fingerprint density at radius 2 is 2.00 bits per heavy atom. The van der Waals surface area contributed by atoms with Gasteiger partial charge in [0.1, 0.15) is 22.7 Å². The smallest absolute Gasteiger partial charge is 0.355 e. The summed E-state index contributed by atoms with van der Waals surface area (Å²) in [7, 11) is 1.13. The minimum Gasteiger partial charge on any atom is -0.466 e. The van der Waals surface area contributed by atoms with Crippen LogP contribution in [0.25, 0.3) is 0 Å². The first-order chi connectivity index (χ1) is 15.4. The zero-order valence-electron chi connectivity index (χ0n) is 18.5. The van der Waals surface area contributed by atoms with Crippen molar-refractivity contribution in [2.45, 2.75) is 37.8 Å². The third-order valence-corrected chi connectivity index (χ3v) is 5.83. The van der Waals surface area contributed by atoms with E-state index in [4.69, 9.17) is 16.3 Å². The second-order valence-electron chi connectivity index (χ2n) is 7.79. The Kier molecular flexibility index (Phi) is 8.67. The molecule has 0 aromatic carbocycles. The summed E-state index contributed by atoms with van der Waals surface area (Å²) < 4.78 is 9.79. The summed E-state index contributed by atoms with van der Waals surface area (Å²) in [5.74, 6) is -4.15. The molecule has 2 rings (SSSR count). The number of allylic oxidation sites excluding steroid dienone is 1. The zero-order chi connectivity index (χ0) is 24.9. The number of hydrogen-bond acceptors (Lipinski definition) is 10. The molecule has 0 aromatic heterocycles. The van der Waals surface area contributed by atoms with Gasteiger partial charge in [-0.25, -0.2) is 9.59 Å². The van der Waals surface area contributed by atoms with Crippen molar-refractivity contribution in [2.24, 2.45) is 5.16 Å². The molecule has 0 saturated carbocycles. The molecular weight excluding hydrogens is 478 g/mol. The van der Waals surface area contributed by atoms with Crippen molar-refractivity contribution in [2.75, 3.05) is 25.3 Å². The summed E-state index contributed by atoms with van der Waals surface area (Å²) in [6.45, 7) is 8.16. The number of ether oxygens (including phenoxy) is 2. The van der Waals surface area contributed by atoms with Gasteiger partial charge in [-0.3, -0.25) is 19.3 Å². The van der Waals surface area contributed by atoms with Crippen molar-refractivity contribution < 1.29 is 38.3 Å². The van der Waals surface area contributed by atoms with Crippen LogP contribution in [0.4, 0.5) is 0 Å². The van der Waals surface area contributed by atoms with Gasteiger partial charge in [0.2, 0.25) is 18.1 Å². The Hall–Kier alpha value is -2.86. The number of alkyl halides is 1. The fraction of sp³-hybridized carbons (Fsp3) is 0.500. The van der Waals surface area contributed by atoms with Crippen LogP contribution in [0.3, 0.4) is 0 Å². The topological polar surface area (TPSA) is 141 Å². The van der Waals surface area contributed by atoms with Gasteiger partial charge < -0.3 is 19.6 Å². The standard InChI is InChI=1S/C20H24ClN3O8S/c1-6-10-9-33-18-14(17(28)24(18)15(10)19(29)32-20(2,3)4)22-16(27)13(11(25)7-21)23-31-8-12(26)30-5/h6,14,18H,1,7-9H2,2-5H3,(H,22,27)/b23-13-/t14-,18-/m1/s1. The Balaban J connectivity index is 2.19. The number of amides is 2. The summed E-state index contributed by atoms with van der Waals surface area (Å²) in [5.41, 5.74) is -0.906. The highest BCUT2D eigenvalue weighted by Crippen LogP contribution is 2.41. The maximum atomic E-state index is 12.9. The van der Waals surface area contributed by atoms with Crippen LogP contribution in [0.15, 0.2) is 29.1 Å². The van der Waals surface area contributed by atoms with E-state index in [1.54, 1.807) is 20.8 Å². The molecule has 2 heterocycles. The molecule has 0 radical (unpaired) electrons. The monoisotopic (exact) mass is 501 g/mol. The number of hydrogen-bond donors (Lipinski definition) is 1. The third-order valence-electron chi connectivity index (χ3n) is 4.29. The van der Waals surface area contributed by atoms with Crippen LogP contribution in [-0.2, 0) is 38.3 Å². The van der Waals surface area contributed by atoms with Gasteiger partial charge in [0.15, 0.2) is 0 Å². The molecular formula is C20H24ClN3O8S. The quantitative estimate of drug-likeness (QED) is 0.119. The SMILES string of the molecule is C=CC1=C(C(=O)OC(C)(C)C)N2C(=O)[C@@H](NC(=O)/C(=N\OCC(=O)OC)C(=O)CCl)[C@H]2SC1. The predicted molar refractivity (Wildman–Crippen MR) is 119 cm³/mol. The van der Waals surface area contributed by atoms with Crippen molar-refractivity contribution in [1.29, 1.82) is 0 Å². The first-order valence-corrected chi connectivity index (χ1v) is 11.2. The molecule has 1 saturated heterocycles. The lowest BCUT2D eigenvalue weighted by atomic mass is 10.0. The van der Waals surface area contributed by atoms with Gasteiger partial charge in [0.25, 0.3) is 11.8 Å². The van der Waals surface area contributed by atoms with Gasteiger partial charge in [-0.1, -0.05) is 17.8 Å². The van der Waals surface area contributed by atoms with E-state index in [0.29, 0.717) is 11.3 Å². The number of esters is 2. The van der Waals surface area contributed by atoms with E-state index in [9.17, 15) is 24.0 Å². The fourth-order valence-corrected chi connectivity index (χ4v) is 4.28. The van der Waals surface area contributed by atoms with Gasteiger partial charge in [-0.15, -0.1) is 23.4 Å². The lowest BCUT2D eigenvalue weighted by Gasteiger charge is -2.49. The average molecular weight is 502 g/mol. The van der Waals surface area contributed by atoms with E-state index < -0.39 is 64.8 Å². The highest BCUT2D eigenvalue weighted by Gasteiger charge is 2.54. The Morgan fingerprint density at radius 3 is 2.55 bits per heavy atom. The number of oxime groups is 1. The molecule has 0 aliphatic carbocycles. The maximum Gasteiger partial charge on any atom is 0.355 e. The van der Waals surface area contributed by atoms with Crippen molar-refractivity contribution in [3.05, 3.63) is 23.9 Å². The first kappa shape index (κ1) is 26.4. The van der Waals surface area contributed by atoms with Crippen molar-refractivity contribution in [1.82, 2.24) is 10.2 Å². The molecule has 1 fully saturated rings. The summed E-state index contributed by atoms with van der Waals surface area (Å²) in [5, 5.41) is 5.17. The molecule has 180 valence electrons. The molecule has 2 aliphatic heterocycles.